The minimum Gasteiger partial charge on any atom is -0.455 e. The second-order valence-corrected chi connectivity index (χ2v) is 5.32. The van der Waals surface area contributed by atoms with Crippen molar-refractivity contribution in [2.75, 3.05) is 13.7 Å². The number of ether oxygens (including phenoxy) is 2. The highest BCUT2D eigenvalue weighted by Gasteiger charge is 2.23. The minimum absolute atomic E-state index is 0.166. The van der Waals surface area contributed by atoms with E-state index >= 15 is 0 Å². The van der Waals surface area contributed by atoms with Gasteiger partial charge < -0.3 is 14.6 Å². The molecule has 0 fully saturated rings. The molecule has 1 heterocycles. The molecule has 1 atom stereocenters. The van der Waals surface area contributed by atoms with E-state index in [4.69, 9.17) is 9.47 Å². The lowest BCUT2D eigenvalue weighted by atomic mass is 10.2. The summed E-state index contributed by atoms with van der Waals surface area (Å²) < 4.78 is 11.5. The fraction of sp³-hybridized carbons (Fsp3) is 0.750. The summed E-state index contributed by atoms with van der Waals surface area (Å²) in [5.74, 6) is -0.516. The van der Waals surface area contributed by atoms with E-state index in [1.807, 2.05) is 0 Å². The average molecular weight is 271 g/mol. The summed E-state index contributed by atoms with van der Waals surface area (Å²) in [7, 11) is 1.50. The second kappa shape index (κ2) is 6.12. The molecule has 1 rings (SSSR count). The number of methoxy groups -OCH3 is 1. The highest BCUT2D eigenvalue weighted by atomic mass is 16.6. The van der Waals surface area contributed by atoms with E-state index in [9.17, 15) is 9.90 Å². The van der Waals surface area contributed by atoms with Gasteiger partial charge in [-0.25, -0.2) is 9.48 Å². The molecule has 0 spiro atoms. The van der Waals surface area contributed by atoms with E-state index in [0.717, 1.165) is 0 Å². The molecule has 0 saturated heterocycles. The van der Waals surface area contributed by atoms with Crippen molar-refractivity contribution < 1.29 is 19.4 Å². The van der Waals surface area contributed by atoms with Crippen molar-refractivity contribution in [3.05, 3.63) is 11.4 Å². The molecule has 0 radical (unpaired) electrons. The monoisotopic (exact) mass is 271 g/mol. The van der Waals surface area contributed by atoms with Crippen LogP contribution in [0.4, 0.5) is 0 Å². The summed E-state index contributed by atoms with van der Waals surface area (Å²) in [5, 5.41) is 17.3. The van der Waals surface area contributed by atoms with Crippen LogP contribution in [0.3, 0.4) is 0 Å². The zero-order valence-corrected chi connectivity index (χ0v) is 12.0. The van der Waals surface area contributed by atoms with Gasteiger partial charge in [0.05, 0.1) is 24.9 Å². The molecule has 1 aromatic heterocycles. The Kier molecular flexibility index (Phi) is 5.02. The van der Waals surface area contributed by atoms with Gasteiger partial charge in [-0.1, -0.05) is 5.21 Å². The first-order valence-corrected chi connectivity index (χ1v) is 6.05. The van der Waals surface area contributed by atoms with Gasteiger partial charge in [-0.05, 0) is 27.7 Å². The van der Waals surface area contributed by atoms with E-state index in [1.54, 1.807) is 27.7 Å². The van der Waals surface area contributed by atoms with Crippen LogP contribution in [-0.2, 0) is 16.0 Å². The summed E-state index contributed by atoms with van der Waals surface area (Å²) in [5.41, 5.74) is 0.145. The van der Waals surface area contributed by atoms with Crippen molar-refractivity contribution in [3.63, 3.8) is 0 Å². The standard InChI is InChI=1S/C12H21N3O4/c1-8-10(11(17)19-12(2,3)4)13-14-15(8)6-9(16)7-18-5/h9,16H,6-7H2,1-5H3. The van der Waals surface area contributed by atoms with Gasteiger partial charge in [0.1, 0.15) is 5.60 Å². The van der Waals surface area contributed by atoms with E-state index in [0.29, 0.717) is 5.69 Å². The molecular formula is C12H21N3O4. The summed E-state index contributed by atoms with van der Waals surface area (Å²) in [6.45, 7) is 7.47. The molecule has 1 aromatic rings. The minimum atomic E-state index is -0.697. The number of aliphatic hydroxyl groups excluding tert-OH is 1. The van der Waals surface area contributed by atoms with Gasteiger partial charge in [-0.2, -0.15) is 0 Å². The summed E-state index contributed by atoms with van der Waals surface area (Å²) in [4.78, 5) is 11.9. The molecule has 0 aliphatic heterocycles. The van der Waals surface area contributed by atoms with Gasteiger partial charge >= 0.3 is 5.97 Å². The number of carbonyl (C=O) groups excluding carboxylic acids is 1. The molecule has 19 heavy (non-hydrogen) atoms. The lowest BCUT2D eigenvalue weighted by Gasteiger charge is -2.18. The van der Waals surface area contributed by atoms with Crippen molar-refractivity contribution in [2.45, 2.75) is 45.9 Å². The quantitative estimate of drug-likeness (QED) is 0.787. The molecule has 1 unspecified atom stereocenters. The van der Waals surface area contributed by atoms with Crippen LogP contribution in [0, 0.1) is 6.92 Å². The Labute approximate surface area is 112 Å². The van der Waals surface area contributed by atoms with Crippen LogP contribution in [-0.4, -0.2) is 51.5 Å². The number of hydrogen-bond acceptors (Lipinski definition) is 6. The Morgan fingerprint density at radius 3 is 2.63 bits per heavy atom. The third-order valence-electron chi connectivity index (χ3n) is 2.32. The van der Waals surface area contributed by atoms with Gasteiger partial charge in [-0.15, -0.1) is 5.10 Å². The topological polar surface area (TPSA) is 86.5 Å². The summed E-state index contributed by atoms with van der Waals surface area (Å²) >= 11 is 0. The molecule has 7 nitrogen and oxygen atoms in total. The second-order valence-electron chi connectivity index (χ2n) is 5.32. The predicted molar refractivity (Wildman–Crippen MR) is 67.8 cm³/mol. The molecule has 0 aliphatic rings. The molecule has 0 saturated carbocycles. The fourth-order valence-electron chi connectivity index (χ4n) is 1.49. The molecule has 0 amide bonds. The van der Waals surface area contributed by atoms with Crippen LogP contribution >= 0.6 is 0 Å². The van der Waals surface area contributed by atoms with Crippen LogP contribution in [0.15, 0.2) is 0 Å². The van der Waals surface area contributed by atoms with Crippen LogP contribution in [0.25, 0.3) is 0 Å². The Balaban J connectivity index is 2.78. The number of aliphatic hydroxyl groups is 1. The first-order valence-electron chi connectivity index (χ1n) is 6.05. The van der Waals surface area contributed by atoms with Gasteiger partial charge in [0, 0.05) is 7.11 Å². The molecule has 7 heteroatoms. The molecule has 0 aliphatic carbocycles. The van der Waals surface area contributed by atoms with E-state index in [-0.39, 0.29) is 18.8 Å². The molecule has 108 valence electrons. The maximum absolute atomic E-state index is 11.9. The fourth-order valence-corrected chi connectivity index (χ4v) is 1.49. The number of hydrogen-bond donors (Lipinski definition) is 1. The number of aromatic nitrogens is 3. The van der Waals surface area contributed by atoms with Crippen molar-refractivity contribution in [3.8, 4) is 0 Å². The number of carbonyl (C=O) groups is 1. The third kappa shape index (κ3) is 4.60. The number of nitrogens with zero attached hydrogens (tertiary/aromatic N) is 3. The number of esters is 1. The smallest absolute Gasteiger partial charge is 0.361 e. The van der Waals surface area contributed by atoms with Gasteiger partial charge in [-0.3, -0.25) is 0 Å². The van der Waals surface area contributed by atoms with Gasteiger partial charge in [0.25, 0.3) is 0 Å². The Morgan fingerprint density at radius 1 is 1.47 bits per heavy atom. The largest absolute Gasteiger partial charge is 0.455 e. The SMILES string of the molecule is COCC(O)Cn1nnc(C(=O)OC(C)(C)C)c1C. The van der Waals surface area contributed by atoms with Crippen LogP contribution in [0.2, 0.25) is 0 Å². The van der Waals surface area contributed by atoms with Crippen LogP contribution in [0.1, 0.15) is 37.0 Å². The molecule has 1 N–H and O–H groups in total. The van der Waals surface area contributed by atoms with Crippen LogP contribution in [0.5, 0.6) is 0 Å². The first kappa shape index (κ1) is 15.6. The van der Waals surface area contributed by atoms with E-state index < -0.39 is 17.7 Å². The van der Waals surface area contributed by atoms with Crippen molar-refractivity contribution in [1.82, 2.24) is 15.0 Å². The normalized spacial score (nSPS) is 13.4. The van der Waals surface area contributed by atoms with E-state index in [2.05, 4.69) is 10.3 Å². The Bertz CT molecular complexity index is 437. The number of rotatable bonds is 5. The van der Waals surface area contributed by atoms with Crippen molar-refractivity contribution in [1.29, 1.82) is 0 Å². The molecule has 0 aromatic carbocycles. The lowest BCUT2D eigenvalue weighted by molar-refractivity contribution is 0.00615. The zero-order chi connectivity index (χ0) is 14.6. The molecular weight excluding hydrogens is 250 g/mol. The Hall–Kier alpha value is -1.47. The summed E-state index contributed by atoms with van der Waals surface area (Å²) in [6.07, 6.45) is -0.697. The zero-order valence-electron chi connectivity index (χ0n) is 12.0. The summed E-state index contributed by atoms with van der Waals surface area (Å²) in [6, 6.07) is 0. The van der Waals surface area contributed by atoms with Crippen LogP contribution < -0.4 is 0 Å². The highest BCUT2D eigenvalue weighted by molar-refractivity contribution is 5.88. The maximum Gasteiger partial charge on any atom is 0.361 e. The third-order valence-corrected chi connectivity index (χ3v) is 2.32. The average Bonchev–Trinajstić information content (AvgIpc) is 2.58. The van der Waals surface area contributed by atoms with Gasteiger partial charge in [0.2, 0.25) is 0 Å². The lowest BCUT2D eigenvalue weighted by Crippen LogP contribution is -2.25. The predicted octanol–water partition coefficient (Wildman–Crippen LogP) is 0.549. The maximum atomic E-state index is 11.9. The first-order chi connectivity index (χ1) is 8.74. The van der Waals surface area contributed by atoms with Crippen molar-refractivity contribution in [2.24, 2.45) is 0 Å². The highest BCUT2D eigenvalue weighted by Crippen LogP contribution is 2.13. The van der Waals surface area contributed by atoms with E-state index in [1.165, 1.54) is 11.8 Å². The van der Waals surface area contributed by atoms with Crippen molar-refractivity contribution >= 4 is 5.97 Å². The molecule has 0 bridgehead atoms. The Morgan fingerprint density at radius 2 is 2.11 bits per heavy atom. The van der Waals surface area contributed by atoms with Gasteiger partial charge in [0.15, 0.2) is 5.69 Å².